The Hall–Kier alpha value is -0.880. The highest BCUT2D eigenvalue weighted by Crippen LogP contribution is 2.44. The molecule has 2 aliphatic carbocycles. The van der Waals surface area contributed by atoms with Crippen molar-refractivity contribution in [2.75, 3.05) is 12.4 Å². The highest BCUT2D eigenvalue weighted by Gasteiger charge is 2.36. The predicted molar refractivity (Wildman–Crippen MR) is 111 cm³/mol. The van der Waals surface area contributed by atoms with Gasteiger partial charge in [0.2, 0.25) is 0 Å². The Morgan fingerprint density at radius 2 is 2.27 bits per heavy atom. The molecule has 0 saturated heterocycles. The van der Waals surface area contributed by atoms with Crippen molar-refractivity contribution < 1.29 is 5.11 Å². The van der Waals surface area contributed by atoms with Gasteiger partial charge in [0.05, 0.1) is 17.2 Å². The number of aromatic nitrogens is 1. The van der Waals surface area contributed by atoms with E-state index < -0.39 is 0 Å². The Morgan fingerprint density at radius 1 is 1.38 bits per heavy atom. The second kappa shape index (κ2) is 7.63. The van der Waals surface area contributed by atoms with E-state index in [9.17, 15) is 5.11 Å². The molecular formula is C21H28N2OS2. The Labute approximate surface area is 164 Å². The molecule has 4 rings (SSSR count). The first-order chi connectivity index (χ1) is 12.6. The summed E-state index contributed by atoms with van der Waals surface area (Å²) in [5.74, 6) is 1.66. The number of aliphatic hydroxyl groups excluding tert-OH is 1. The minimum Gasteiger partial charge on any atom is -0.394 e. The van der Waals surface area contributed by atoms with E-state index in [4.69, 9.17) is 10.7 Å². The van der Waals surface area contributed by atoms with Crippen molar-refractivity contribution in [1.29, 1.82) is 0 Å². The molecule has 0 bridgehead atoms. The molecule has 1 saturated carbocycles. The number of hydrogen-bond donors (Lipinski definition) is 2. The van der Waals surface area contributed by atoms with Gasteiger partial charge in [0.25, 0.3) is 0 Å². The van der Waals surface area contributed by atoms with Crippen LogP contribution in [-0.4, -0.2) is 28.0 Å². The minimum atomic E-state index is -0.379. The smallest absolute Gasteiger partial charge is 0.150 e. The van der Waals surface area contributed by atoms with Gasteiger partial charge >= 0.3 is 0 Å². The van der Waals surface area contributed by atoms with Gasteiger partial charge in [-0.15, -0.1) is 11.3 Å². The molecule has 1 fully saturated rings. The van der Waals surface area contributed by atoms with Crippen LogP contribution in [-0.2, 0) is 12.8 Å². The Balaban J connectivity index is 1.55. The quantitative estimate of drug-likeness (QED) is 0.553. The van der Waals surface area contributed by atoms with Gasteiger partial charge in [0.1, 0.15) is 0 Å². The van der Waals surface area contributed by atoms with Gasteiger partial charge in [0, 0.05) is 11.3 Å². The van der Waals surface area contributed by atoms with E-state index in [1.54, 1.807) is 0 Å². The van der Waals surface area contributed by atoms with Crippen molar-refractivity contribution in [2.24, 2.45) is 5.73 Å². The molecule has 0 aliphatic heterocycles. The first-order valence-electron chi connectivity index (χ1n) is 9.77. The number of nitrogens with zero attached hydrogens (tertiary/aromatic N) is 1. The zero-order valence-corrected chi connectivity index (χ0v) is 17.1. The van der Waals surface area contributed by atoms with E-state index in [-0.39, 0.29) is 12.1 Å². The Morgan fingerprint density at radius 3 is 3.04 bits per heavy atom. The topological polar surface area (TPSA) is 59.1 Å². The fourth-order valence-electron chi connectivity index (χ4n) is 4.21. The number of fused-ring (bicyclic) bond motifs is 3. The summed E-state index contributed by atoms with van der Waals surface area (Å²) in [5, 5.41) is 9.54. The maximum atomic E-state index is 9.54. The number of benzene rings is 1. The number of thioether (sulfide) groups is 1. The summed E-state index contributed by atoms with van der Waals surface area (Å²) in [4.78, 5) is 6.27. The zero-order valence-electron chi connectivity index (χ0n) is 15.5. The molecule has 2 aliphatic rings. The third-order valence-electron chi connectivity index (χ3n) is 5.84. The van der Waals surface area contributed by atoms with Crippen LogP contribution in [0.3, 0.4) is 0 Å². The van der Waals surface area contributed by atoms with Crippen LogP contribution in [0.25, 0.3) is 10.4 Å². The molecular weight excluding hydrogens is 360 g/mol. The maximum Gasteiger partial charge on any atom is 0.150 e. The average molecular weight is 389 g/mol. The molecule has 1 aromatic carbocycles. The fourth-order valence-corrected chi connectivity index (χ4v) is 6.63. The molecule has 3 nitrogen and oxygen atoms in total. The van der Waals surface area contributed by atoms with Crippen LogP contribution in [0.4, 0.5) is 0 Å². The van der Waals surface area contributed by atoms with Crippen LogP contribution in [0, 0.1) is 0 Å². The summed E-state index contributed by atoms with van der Waals surface area (Å²) < 4.78 is 1.23. The van der Waals surface area contributed by atoms with E-state index >= 15 is 0 Å². The highest BCUT2D eigenvalue weighted by atomic mass is 32.2. The molecule has 3 N–H and O–H groups in total. The summed E-state index contributed by atoms with van der Waals surface area (Å²) in [6.07, 6.45) is 7.53. The molecule has 1 aromatic heterocycles. The number of thiazole rings is 1. The number of nitrogens with two attached hydrogens (primary N) is 1. The number of unbranched alkanes of at least 4 members (excludes halogenated alkanes) is 1. The summed E-state index contributed by atoms with van der Waals surface area (Å²) in [7, 11) is 0. The van der Waals surface area contributed by atoms with Gasteiger partial charge in [0.15, 0.2) is 4.34 Å². The van der Waals surface area contributed by atoms with Crippen molar-refractivity contribution in [3.63, 3.8) is 0 Å². The van der Waals surface area contributed by atoms with Crippen LogP contribution < -0.4 is 5.73 Å². The van der Waals surface area contributed by atoms with Crippen molar-refractivity contribution >= 4 is 23.1 Å². The third-order valence-corrected chi connectivity index (χ3v) is 8.20. The van der Waals surface area contributed by atoms with Crippen LogP contribution in [0.5, 0.6) is 0 Å². The second-order valence-electron chi connectivity index (χ2n) is 7.83. The molecule has 140 valence electrons. The Kier molecular flexibility index (Phi) is 5.42. The van der Waals surface area contributed by atoms with Gasteiger partial charge in [-0.25, -0.2) is 4.98 Å². The van der Waals surface area contributed by atoms with Crippen LogP contribution >= 0.6 is 23.1 Å². The van der Waals surface area contributed by atoms with Crippen LogP contribution in [0.2, 0.25) is 0 Å². The van der Waals surface area contributed by atoms with Crippen molar-refractivity contribution in [2.45, 2.75) is 67.7 Å². The normalized spacial score (nSPS) is 24.5. The van der Waals surface area contributed by atoms with E-state index in [1.807, 2.05) is 23.1 Å². The molecule has 2 atom stereocenters. The molecule has 0 unspecified atom stereocenters. The molecule has 1 heterocycles. The fraction of sp³-hybridized carbons (Fsp3) is 0.571. The molecule has 26 heavy (non-hydrogen) atoms. The van der Waals surface area contributed by atoms with Crippen molar-refractivity contribution in [3.05, 3.63) is 35.0 Å². The lowest BCUT2D eigenvalue weighted by molar-refractivity contribution is 0.198. The van der Waals surface area contributed by atoms with Gasteiger partial charge in [-0.2, -0.15) is 0 Å². The summed E-state index contributed by atoms with van der Waals surface area (Å²) in [6.45, 7) is 2.33. The summed E-state index contributed by atoms with van der Waals surface area (Å²) in [6, 6.07) is 6.98. The first kappa shape index (κ1) is 18.5. The average Bonchev–Trinajstić information content (AvgIpc) is 3.25. The van der Waals surface area contributed by atoms with E-state index in [0.717, 1.165) is 32.1 Å². The number of rotatable bonds is 6. The number of aryl methyl sites for hydroxylation is 2. The highest BCUT2D eigenvalue weighted by molar-refractivity contribution is 8.01. The van der Waals surface area contributed by atoms with E-state index in [2.05, 4.69) is 25.1 Å². The van der Waals surface area contributed by atoms with Gasteiger partial charge in [-0.3, -0.25) is 0 Å². The zero-order chi connectivity index (χ0) is 18.1. The molecule has 2 aromatic rings. The second-order valence-corrected chi connectivity index (χ2v) is 10.2. The lowest BCUT2D eigenvalue weighted by atomic mass is 9.87. The molecule has 0 spiro atoms. The van der Waals surface area contributed by atoms with Gasteiger partial charge in [-0.05, 0) is 61.1 Å². The van der Waals surface area contributed by atoms with Crippen LogP contribution in [0.1, 0.15) is 61.8 Å². The van der Waals surface area contributed by atoms with Gasteiger partial charge in [-0.1, -0.05) is 43.3 Å². The minimum absolute atomic E-state index is 0.0944. The standard InChI is InChI=1S/C21H28N2OS2/c1-2-3-10-25-20-23-18-7-5-15-11-14(4-6-17(15)19(18)26-20)16-8-9-21(22,12-16)13-24/h4,6,11,16,24H,2-3,5,7-10,12-13,22H2,1H3/t16-,21+/m0/s1. The third kappa shape index (κ3) is 3.59. The Bertz CT molecular complexity index is 788. The molecule has 5 heteroatoms. The van der Waals surface area contributed by atoms with Crippen molar-refractivity contribution in [3.8, 4) is 10.4 Å². The predicted octanol–water partition coefficient (Wildman–Crippen LogP) is 4.76. The molecule has 0 radical (unpaired) electrons. The monoisotopic (exact) mass is 388 g/mol. The van der Waals surface area contributed by atoms with E-state index in [1.165, 1.54) is 50.2 Å². The maximum absolute atomic E-state index is 9.54. The summed E-state index contributed by atoms with van der Waals surface area (Å²) in [5.41, 5.74) is 11.4. The van der Waals surface area contributed by atoms with Gasteiger partial charge < -0.3 is 10.8 Å². The van der Waals surface area contributed by atoms with Crippen molar-refractivity contribution in [1.82, 2.24) is 4.98 Å². The SMILES string of the molecule is CCCCSc1nc2c(s1)-c1ccc([C@H]3CC[C@](N)(CO)C3)cc1CC2. The summed E-state index contributed by atoms with van der Waals surface area (Å²) >= 11 is 3.78. The largest absolute Gasteiger partial charge is 0.394 e. The van der Waals surface area contributed by atoms with E-state index in [0.29, 0.717) is 5.92 Å². The molecule has 0 amide bonds. The lowest BCUT2D eigenvalue weighted by Crippen LogP contribution is -2.40. The number of hydrogen-bond acceptors (Lipinski definition) is 5. The van der Waals surface area contributed by atoms with Crippen LogP contribution in [0.15, 0.2) is 22.5 Å². The lowest BCUT2D eigenvalue weighted by Gasteiger charge is -2.22. The first-order valence-corrected chi connectivity index (χ1v) is 11.6. The number of aliphatic hydroxyl groups is 1.